The third kappa shape index (κ3) is 9.43. The molecule has 4 nitrogen and oxygen atoms in total. The first-order chi connectivity index (χ1) is 16.3. The number of hydrogen-bond acceptors (Lipinski definition) is 4. The van der Waals surface area contributed by atoms with Gasteiger partial charge in [-0.2, -0.15) is 0 Å². The monoisotopic (exact) mass is 564 g/mol. The van der Waals surface area contributed by atoms with Crippen molar-refractivity contribution in [3.63, 3.8) is 0 Å². The summed E-state index contributed by atoms with van der Waals surface area (Å²) in [4.78, 5) is 21.8. The standard InChI is InChI=1S/C14H12O.C8H7IO.C6H7BO2/c1-11(15)12-7-9-14(10-8-12)13-5-3-2-4-6-13;1-6(10)7-2-4-8(9)5-3-7;8-7(9)6-4-2-1-3-5-6/h2-10H,1H3;2-5H,1H3;1-5,8-9H. The van der Waals surface area contributed by atoms with Crippen LogP contribution >= 0.6 is 22.6 Å². The summed E-state index contributed by atoms with van der Waals surface area (Å²) in [5, 5.41) is 17.2. The molecule has 0 spiro atoms. The van der Waals surface area contributed by atoms with E-state index in [1.165, 1.54) is 5.56 Å². The predicted molar refractivity (Wildman–Crippen MR) is 147 cm³/mol. The molecular weight excluding hydrogens is 538 g/mol. The van der Waals surface area contributed by atoms with Crippen molar-refractivity contribution in [2.24, 2.45) is 0 Å². The molecule has 0 aliphatic carbocycles. The Morgan fingerprint density at radius 1 is 0.588 bits per heavy atom. The molecule has 0 atom stereocenters. The highest BCUT2D eigenvalue weighted by Gasteiger charge is 2.07. The molecule has 0 bridgehead atoms. The van der Waals surface area contributed by atoms with Gasteiger partial charge in [-0.1, -0.05) is 97.1 Å². The van der Waals surface area contributed by atoms with E-state index in [1.54, 1.807) is 38.1 Å². The zero-order valence-electron chi connectivity index (χ0n) is 19.1. The quantitative estimate of drug-likeness (QED) is 0.198. The maximum Gasteiger partial charge on any atom is 0.488 e. The van der Waals surface area contributed by atoms with Crippen molar-refractivity contribution in [3.8, 4) is 11.1 Å². The van der Waals surface area contributed by atoms with Crippen molar-refractivity contribution in [1.29, 1.82) is 0 Å². The fraction of sp³-hybridized carbons (Fsp3) is 0.0714. The van der Waals surface area contributed by atoms with Crippen LogP contribution in [0.2, 0.25) is 0 Å². The third-order valence-corrected chi connectivity index (χ3v) is 5.47. The van der Waals surface area contributed by atoms with Crippen LogP contribution in [0.1, 0.15) is 34.6 Å². The second kappa shape index (κ2) is 14.3. The first kappa shape index (κ1) is 27.2. The maximum absolute atomic E-state index is 11.1. The van der Waals surface area contributed by atoms with Crippen LogP contribution in [-0.2, 0) is 0 Å². The first-order valence-corrected chi connectivity index (χ1v) is 11.7. The van der Waals surface area contributed by atoms with Crippen LogP contribution in [0.4, 0.5) is 0 Å². The molecule has 0 radical (unpaired) electrons. The molecule has 172 valence electrons. The SMILES string of the molecule is CC(=O)c1ccc(-c2ccccc2)cc1.CC(=O)c1ccc(I)cc1.OB(O)c1ccccc1. The zero-order chi connectivity index (χ0) is 24.9. The molecule has 0 saturated heterocycles. The molecule has 0 aromatic heterocycles. The summed E-state index contributed by atoms with van der Waals surface area (Å²) in [6.45, 7) is 3.15. The molecule has 4 aromatic rings. The van der Waals surface area contributed by atoms with E-state index < -0.39 is 7.12 Å². The molecule has 0 heterocycles. The van der Waals surface area contributed by atoms with Crippen LogP contribution in [0, 0.1) is 3.57 Å². The van der Waals surface area contributed by atoms with Crippen molar-refractivity contribution in [2.45, 2.75) is 13.8 Å². The van der Waals surface area contributed by atoms with Gasteiger partial charge in [0.05, 0.1) is 0 Å². The Balaban J connectivity index is 0.000000189. The third-order valence-electron chi connectivity index (χ3n) is 4.75. The maximum atomic E-state index is 11.1. The highest BCUT2D eigenvalue weighted by Crippen LogP contribution is 2.19. The molecule has 4 aromatic carbocycles. The van der Waals surface area contributed by atoms with Crippen molar-refractivity contribution >= 4 is 46.7 Å². The average molecular weight is 564 g/mol. The minimum absolute atomic E-state index is 0.106. The van der Waals surface area contributed by atoms with E-state index in [4.69, 9.17) is 10.0 Å². The lowest BCUT2D eigenvalue weighted by Crippen LogP contribution is -2.29. The molecular formula is C28H26BIO4. The van der Waals surface area contributed by atoms with Gasteiger partial charge in [-0.05, 0) is 65.2 Å². The van der Waals surface area contributed by atoms with Gasteiger partial charge >= 0.3 is 7.12 Å². The minimum atomic E-state index is -1.34. The summed E-state index contributed by atoms with van der Waals surface area (Å²) in [5.41, 5.74) is 4.38. The Morgan fingerprint density at radius 2 is 0.971 bits per heavy atom. The first-order valence-electron chi connectivity index (χ1n) is 10.6. The predicted octanol–water partition coefficient (Wildman–Crippen LogP) is 5.42. The van der Waals surface area contributed by atoms with E-state index in [0.29, 0.717) is 5.46 Å². The lowest BCUT2D eigenvalue weighted by molar-refractivity contribution is 0.100. The Hall–Kier alpha value is -3.07. The summed E-state index contributed by atoms with van der Waals surface area (Å²) in [7, 11) is -1.34. The van der Waals surface area contributed by atoms with E-state index in [1.807, 2.05) is 72.8 Å². The van der Waals surface area contributed by atoms with E-state index >= 15 is 0 Å². The number of rotatable bonds is 4. The summed E-state index contributed by atoms with van der Waals surface area (Å²) in [6.07, 6.45) is 0. The molecule has 6 heteroatoms. The van der Waals surface area contributed by atoms with E-state index in [2.05, 4.69) is 34.7 Å². The van der Waals surface area contributed by atoms with Crippen LogP contribution in [-0.4, -0.2) is 28.7 Å². The number of benzene rings is 4. The minimum Gasteiger partial charge on any atom is -0.423 e. The average Bonchev–Trinajstić information content (AvgIpc) is 2.86. The van der Waals surface area contributed by atoms with E-state index in [9.17, 15) is 9.59 Å². The van der Waals surface area contributed by atoms with E-state index in [0.717, 1.165) is 20.3 Å². The Morgan fingerprint density at radius 3 is 1.35 bits per heavy atom. The molecule has 0 amide bonds. The number of carbonyl (C=O) groups is 2. The Bertz CT molecular complexity index is 1160. The van der Waals surface area contributed by atoms with Gasteiger partial charge in [0.15, 0.2) is 11.6 Å². The number of carbonyl (C=O) groups excluding carboxylic acids is 2. The summed E-state index contributed by atoms with van der Waals surface area (Å²) in [5.74, 6) is 0.228. The van der Waals surface area contributed by atoms with Crippen molar-refractivity contribution < 1.29 is 19.6 Å². The molecule has 0 unspecified atom stereocenters. The molecule has 0 aliphatic heterocycles. The summed E-state index contributed by atoms with van der Waals surface area (Å²) < 4.78 is 1.16. The number of Topliss-reactive ketones (excluding diaryl/α,β-unsaturated/α-hetero) is 2. The van der Waals surface area contributed by atoms with Gasteiger partial charge in [0, 0.05) is 14.7 Å². The molecule has 0 saturated carbocycles. The van der Waals surface area contributed by atoms with Gasteiger partial charge in [-0.15, -0.1) is 0 Å². The molecule has 4 rings (SSSR count). The highest BCUT2D eigenvalue weighted by atomic mass is 127. The van der Waals surface area contributed by atoms with Crippen LogP contribution in [0.5, 0.6) is 0 Å². The van der Waals surface area contributed by atoms with Crippen LogP contribution in [0.15, 0.2) is 109 Å². The van der Waals surface area contributed by atoms with Crippen LogP contribution < -0.4 is 5.46 Å². The van der Waals surface area contributed by atoms with Gasteiger partial charge in [-0.3, -0.25) is 9.59 Å². The summed E-state index contributed by atoms with van der Waals surface area (Å²) >= 11 is 2.21. The van der Waals surface area contributed by atoms with Crippen LogP contribution in [0.3, 0.4) is 0 Å². The molecule has 0 aliphatic rings. The topological polar surface area (TPSA) is 74.6 Å². The number of hydrogen-bond donors (Lipinski definition) is 2. The van der Waals surface area contributed by atoms with Crippen molar-refractivity contribution in [2.75, 3.05) is 0 Å². The van der Waals surface area contributed by atoms with Gasteiger partial charge < -0.3 is 10.0 Å². The van der Waals surface area contributed by atoms with Gasteiger partial charge in [0.2, 0.25) is 0 Å². The smallest absolute Gasteiger partial charge is 0.423 e. The highest BCUT2D eigenvalue weighted by molar-refractivity contribution is 14.1. The fourth-order valence-corrected chi connectivity index (χ4v) is 3.20. The molecule has 2 N–H and O–H groups in total. The fourth-order valence-electron chi connectivity index (χ4n) is 2.84. The molecule has 0 fully saturated rings. The molecule has 34 heavy (non-hydrogen) atoms. The number of ketones is 2. The van der Waals surface area contributed by atoms with Gasteiger partial charge in [0.25, 0.3) is 0 Å². The Kier molecular flexibility index (Phi) is 11.4. The van der Waals surface area contributed by atoms with Crippen LogP contribution in [0.25, 0.3) is 11.1 Å². The van der Waals surface area contributed by atoms with Crippen molar-refractivity contribution in [1.82, 2.24) is 0 Å². The zero-order valence-corrected chi connectivity index (χ0v) is 21.2. The van der Waals surface area contributed by atoms with Gasteiger partial charge in [-0.25, -0.2) is 0 Å². The Labute approximate surface area is 214 Å². The number of halogens is 1. The summed E-state index contributed by atoms with van der Waals surface area (Å²) in [6, 6.07) is 34.0. The van der Waals surface area contributed by atoms with Gasteiger partial charge in [0.1, 0.15) is 0 Å². The second-order valence-corrected chi connectivity index (χ2v) is 8.59. The van der Waals surface area contributed by atoms with Crippen molar-refractivity contribution in [3.05, 3.63) is 124 Å². The second-order valence-electron chi connectivity index (χ2n) is 7.35. The lowest BCUT2D eigenvalue weighted by atomic mass is 9.81. The largest absolute Gasteiger partial charge is 0.488 e. The normalized spacial score (nSPS) is 9.56. The lowest BCUT2D eigenvalue weighted by Gasteiger charge is -2.01. The van der Waals surface area contributed by atoms with E-state index in [-0.39, 0.29) is 11.6 Å².